The lowest BCUT2D eigenvalue weighted by molar-refractivity contribution is -0.384. The number of ether oxygens (including phenoxy) is 1. The van der Waals surface area contributed by atoms with E-state index >= 15 is 0 Å². The van der Waals surface area contributed by atoms with Gasteiger partial charge in [0.1, 0.15) is 10.8 Å². The number of halogens is 1. The van der Waals surface area contributed by atoms with E-state index in [1.54, 1.807) is 37.5 Å². The fourth-order valence-electron chi connectivity index (χ4n) is 2.72. The van der Waals surface area contributed by atoms with Crippen molar-refractivity contribution in [3.63, 3.8) is 0 Å². The summed E-state index contributed by atoms with van der Waals surface area (Å²) in [5.41, 5.74) is 0.400. The molecule has 2 aromatic rings. The molecule has 3 rings (SSSR count). The third-order valence-corrected chi connectivity index (χ3v) is 5.54. The number of thioether (sulfide) groups is 1. The van der Waals surface area contributed by atoms with E-state index in [1.165, 1.54) is 12.1 Å². The van der Waals surface area contributed by atoms with Gasteiger partial charge in [-0.3, -0.25) is 29.4 Å². The first-order valence-corrected chi connectivity index (χ1v) is 10.1. The van der Waals surface area contributed by atoms with Gasteiger partial charge in [0.05, 0.1) is 16.9 Å². The molecule has 0 bridgehead atoms. The Hall–Kier alpha value is -3.37. The molecule has 2 aromatic carbocycles. The Kier molecular flexibility index (Phi) is 6.93. The molecule has 0 saturated carbocycles. The largest absolute Gasteiger partial charge is 0.497 e. The second-order valence-corrected chi connectivity index (χ2v) is 7.69. The zero-order valence-corrected chi connectivity index (χ0v) is 17.7. The van der Waals surface area contributed by atoms with Crippen LogP contribution in [0.4, 0.5) is 10.5 Å². The molecule has 1 aliphatic heterocycles. The lowest BCUT2D eigenvalue weighted by Crippen LogP contribution is -2.37. The molecular weight excluding hydrogens is 446 g/mol. The number of nitro groups is 1. The van der Waals surface area contributed by atoms with Crippen molar-refractivity contribution < 1.29 is 24.0 Å². The summed E-state index contributed by atoms with van der Waals surface area (Å²) in [7, 11) is 1.55. The zero-order valence-electron chi connectivity index (χ0n) is 16.2. The number of imide groups is 1. The number of rotatable bonds is 7. The summed E-state index contributed by atoms with van der Waals surface area (Å²) in [6.45, 7) is -0.0465. The summed E-state index contributed by atoms with van der Waals surface area (Å²) in [5, 5.41) is 13.0. The molecule has 0 spiro atoms. The lowest BCUT2D eigenvalue weighted by atomic mass is 10.2. The van der Waals surface area contributed by atoms with E-state index in [0.717, 1.165) is 28.3 Å². The monoisotopic (exact) mass is 461 g/mol. The summed E-state index contributed by atoms with van der Waals surface area (Å²) in [5.74, 6) is -0.366. The minimum Gasteiger partial charge on any atom is -0.497 e. The van der Waals surface area contributed by atoms with Gasteiger partial charge in [0.2, 0.25) is 0 Å². The highest BCUT2D eigenvalue weighted by Crippen LogP contribution is 2.32. The Morgan fingerprint density at radius 3 is 2.61 bits per heavy atom. The SMILES string of the molecule is COc1ccc(C=C2SC(=O)N(CCNC(=O)c3ccc(Cl)c([N+](=O)[O-])c3)C2=O)cc1. The van der Waals surface area contributed by atoms with E-state index in [-0.39, 0.29) is 34.3 Å². The van der Waals surface area contributed by atoms with Crippen LogP contribution in [0.3, 0.4) is 0 Å². The van der Waals surface area contributed by atoms with Crippen LogP contribution in [0.25, 0.3) is 6.08 Å². The van der Waals surface area contributed by atoms with Crippen molar-refractivity contribution in [3.05, 3.63) is 73.6 Å². The molecule has 0 unspecified atom stereocenters. The maximum absolute atomic E-state index is 12.5. The van der Waals surface area contributed by atoms with Gasteiger partial charge < -0.3 is 10.1 Å². The van der Waals surface area contributed by atoms with Crippen LogP contribution in [0.1, 0.15) is 15.9 Å². The first-order valence-electron chi connectivity index (χ1n) is 8.91. The number of nitro benzene ring substituents is 1. The summed E-state index contributed by atoms with van der Waals surface area (Å²) in [6, 6.07) is 10.7. The molecule has 1 fully saturated rings. The topological polar surface area (TPSA) is 119 Å². The molecule has 31 heavy (non-hydrogen) atoms. The minimum atomic E-state index is -0.686. The molecule has 160 valence electrons. The first-order chi connectivity index (χ1) is 14.8. The van der Waals surface area contributed by atoms with E-state index in [4.69, 9.17) is 16.3 Å². The van der Waals surface area contributed by atoms with Crippen molar-refractivity contribution in [3.8, 4) is 5.75 Å². The van der Waals surface area contributed by atoms with E-state index in [0.29, 0.717) is 5.75 Å². The molecular formula is C20H16ClN3O6S. The number of amides is 3. The van der Waals surface area contributed by atoms with E-state index in [9.17, 15) is 24.5 Å². The van der Waals surface area contributed by atoms with Crippen LogP contribution >= 0.6 is 23.4 Å². The molecule has 0 aromatic heterocycles. The first kappa shape index (κ1) is 22.3. The zero-order chi connectivity index (χ0) is 22.5. The second kappa shape index (κ2) is 9.63. The van der Waals surface area contributed by atoms with Gasteiger partial charge >= 0.3 is 0 Å². The van der Waals surface area contributed by atoms with Crippen molar-refractivity contribution in [1.82, 2.24) is 10.2 Å². The Labute approximate surface area is 186 Å². The van der Waals surface area contributed by atoms with Crippen molar-refractivity contribution in [2.24, 2.45) is 0 Å². The Morgan fingerprint density at radius 1 is 1.26 bits per heavy atom. The average Bonchev–Trinajstić information content (AvgIpc) is 3.01. The van der Waals surface area contributed by atoms with Gasteiger partial charge in [-0.05, 0) is 47.7 Å². The molecule has 1 heterocycles. The molecule has 0 aliphatic carbocycles. The van der Waals surface area contributed by atoms with Crippen molar-refractivity contribution in [1.29, 1.82) is 0 Å². The van der Waals surface area contributed by atoms with Crippen LogP contribution in [-0.2, 0) is 4.79 Å². The van der Waals surface area contributed by atoms with Crippen molar-refractivity contribution in [2.45, 2.75) is 0 Å². The Bertz CT molecular complexity index is 1090. The maximum Gasteiger partial charge on any atom is 0.293 e. The molecule has 0 radical (unpaired) electrons. The summed E-state index contributed by atoms with van der Waals surface area (Å²) in [6.07, 6.45) is 1.61. The van der Waals surface area contributed by atoms with E-state index < -0.39 is 22.0 Å². The van der Waals surface area contributed by atoms with Gasteiger partial charge in [-0.2, -0.15) is 0 Å². The highest BCUT2D eigenvalue weighted by Gasteiger charge is 2.34. The predicted molar refractivity (Wildman–Crippen MR) is 116 cm³/mol. The fourth-order valence-corrected chi connectivity index (χ4v) is 3.77. The van der Waals surface area contributed by atoms with Gasteiger partial charge in [0.15, 0.2) is 0 Å². The summed E-state index contributed by atoms with van der Waals surface area (Å²) in [4.78, 5) is 48.5. The quantitative estimate of drug-likeness (QED) is 0.379. The lowest BCUT2D eigenvalue weighted by Gasteiger charge is -2.13. The summed E-state index contributed by atoms with van der Waals surface area (Å²) >= 11 is 6.55. The van der Waals surface area contributed by atoms with Crippen LogP contribution in [0.2, 0.25) is 5.02 Å². The second-order valence-electron chi connectivity index (χ2n) is 6.29. The predicted octanol–water partition coefficient (Wildman–Crippen LogP) is 3.72. The van der Waals surface area contributed by atoms with Gasteiger partial charge in [0.25, 0.3) is 22.7 Å². The van der Waals surface area contributed by atoms with Crippen LogP contribution in [-0.4, -0.2) is 47.1 Å². The Morgan fingerprint density at radius 2 is 1.97 bits per heavy atom. The standard InChI is InChI=1S/C20H16ClN3O6S/c1-30-14-5-2-12(3-6-14)10-17-19(26)23(20(27)31-17)9-8-22-18(25)13-4-7-15(21)16(11-13)24(28)29/h2-7,10-11H,8-9H2,1H3,(H,22,25). The van der Waals surface area contributed by atoms with Crippen LogP contribution in [0, 0.1) is 10.1 Å². The maximum atomic E-state index is 12.5. The molecule has 1 aliphatic rings. The average molecular weight is 462 g/mol. The van der Waals surface area contributed by atoms with Gasteiger partial charge in [-0.25, -0.2) is 0 Å². The van der Waals surface area contributed by atoms with Crippen molar-refractivity contribution in [2.75, 3.05) is 20.2 Å². The van der Waals surface area contributed by atoms with Crippen molar-refractivity contribution >= 4 is 52.2 Å². The molecule has 3 amide bonds. The minimum absolute atomic E-state index is 0.0108. The third kappa shape index (κ3) is 5.22. The van der Waals surface area contributed by atoms with Gasteiger partial charge in [-0.1, -0.05) is 23.7 Å². The number of benzene rings is 2. The smallest absolute Gasteiger partial charge is 0.293 e. The third-order valence-electron chi connectivity index (χ3n) is 4.31. The van der Waals surface area contributed by atoms with Crippen LogP contribution < -0.4 is 10.1 Å². The number of hydrogen-bond donors (Lipinski definition) is 1. The summed E-state index contributed by atoms with van der Waals surface area (Å²) < 4.78 is 5.08. The molecule has 11 heteroatoms. The fraction of sp³-hybridized carbons (Fsp3) is 0.150. The Balaban J connectivity index is 1.60. The van der Waals surface area contributed by atoms with Crippen LogP contribution in [0.5, 0.6) is 5.75 Å². The van der Waals surface area contributed by atoms with Gasteiger partial charge in [0, 0.05) is 24.7 Å². The number of carbonyl (C=O) groups is 3. The molecule has 1 N–H and O–H groups in total. The molecule has 9 nitrogen and oxygen atoms in total. The highest BCUT2D eigenvalue weighted by atomic mass is 35.5. The number of nitrogens with one attached hydrogen (secondary N) is 1. The number of hydrogen-bond acceptors (Lipinski definition) is 7. The number of carbonyl (C=O) groups excluding carboxylic acids is 3. The van der Waals surface area contributed by atoms with Gasteiger partial charge in [-0.15, -0.1) is 0 Å². The number of nitrogens with zero attached hydrogens (tertiary/aromatic N) is 2. The normalized spacial score (nSPS) is 14.8. The van der Waals surface area contributed by atoms with E-state index in [2.05, 4.69) is 5.32 Å². The van der Waals surface area contributed by atoms with E-state index in [1.807, 2.05) is 0 Å². The highest BCUT2D eigenvalue weighted by molar-refractivity contribution is 8.18. The molecule has 0 atom stereocenters. The molecule has 1 saturated heterocycles. The van der Waals surface area contributed by atoms with Crippen LogP contribution in [0.15, 0.2) is 47.4 Å². The number of methoxy groups -OCH3 is 1.